The van der Waals surface area contributed by atoms with Crippen molar-refractivity contribution in [3.8, 4) is 5.75 Å². The Kier molecular flexibility index (Phi) is 8.57. The number of ether oxygens (including phenoxy) is 3. The van der Waals surface area contributed by atoms with Gasteiger partial charge < -0.3 is 14.2 Å². The third-order valence-corrected chi connectivity index (χ3v) is 6.08. The van der Waals surface area contributed by atoms with Crippen LogP contribution in [0, 0.1) is 0 Å². The fraction of sp³-hybridized carbons (Fsp3) is 0.538. The molecule has 0 saturated heterocycles. The van der Waals surface area contributed by atoms with E-state index < -0.39 is 6.29 Å². The summed E-state index contributed by atoms with van der Waals surface area (Å²) in [6.45, 7) is 4.47. The van der Waals surface area contributed by atoms with Gasteiger partial charge in [0.15, 0.2) is 0 Å². The molecule has 3 rings (SSSR count). The minimum absolute atomic E-state index is 0.159. The summed E-state index contributed by atoms with van der Waals surface area (Å²) in [5.74, 6) is 1.40. The van der Waals surface area contributed by atoms with Gasteiger partial charge in [0.2, 0.25) is 6.29 Å². The zero-order valence-corrected chi connectivity index (χ0v) is 18.2. The average Bonchev–Trinajstić information content (AvgIpc) is 2.78. The van der Waals surface area contributed by atoms with Crippen molar-refractivity contribution in [2.24, 2.45) is 0 Å². The maximum absolute atomic E-state index is 6.47. The molecule has 1 fully saturated rings. The van der Waals surface area contributed by atoms with Crippen molar-refractivity contribution in [3.63, 3.8) is 0 Å². The van der Waals surface area contributed by atoms with Crippen LogP contribution in [0.3, 0.4) is 0 Å². The molecule has 0 N–H and O–H groups in total. The van der Waals surface area contributed by atoms with E-state index in [2.05, 4.69) is 62.4 Å². The fourth-order valence-electron chi connectivity index (χ4n) is 3.96. The second-order valence-electron chi connectivity index (χ2n) is 8.22. The molecule has 3 atom stereocenters. The molecular formula is C26H36O3. The van der Waals surface area contributed by atoms with Gasteiger partial charge in [-0.05, 0) is 48.4 Å². The lowest BCUT2D eigenvalue weighted by molar-refractivity contribution is -0.185. The molecule has 1 saturated carbocycles. The van der Waals surface area contributed by atoms with Gasteiger partial charge >= 0.3 is 0 Å². The summed E-state index contributed by atoms with van der Waals surface area (Å²) in [7, 11) is 1.75. The predicted molar refractivity (Wildman–Crippen MR) is 118 cm³/mol. The largest absolute Gasteiger partial charge is 0.462 e. The standard InChI is InChI=1S/C26H36O3/c1-4-20(2)22-15-17-24(18-16-22)29-26(28-23-13-9-6-10-14-23)25(27-3)19-21-11-7-5-8-12-21/h5,7-8,11-12,15-18,20,23,25-26H,4,6,9-10,13-14,19H2,1-3H3. The molecule has 0 spiro atoms. The Morgan fingerprint density at radius 1 is 0.931 bits per heavy atom. The Morgan fingerprint density at radius 3 is 2.24 bits per heavy atom. The smallest absolute Gasteiger partial charge is 0.226 e. The van der Waals surface area contributed by atoms with E-state index in [0.29, 0.717) is 5.92 Å². The van der Waals surface area contributed by atoms with Gasteiger partial charge in [-0.15, -0.1) is 0 Å². The molecule has 3 heteroatoms. The van der Waals surface area contributed by atoms with Crippen LogP contribution in [0.25, 0.3) is 0 Å². The fourth-order valence-corrected chi connectivity index (χ4v) is 3.96. The summed E-state index contributed by atoms with van der Waals surface area (Å²) in [4.78, 5) is 0. The molecular weight excluding hydrogens is 360 g/mol. The van der Waals surface area contributed by atoms with E-state index in [1.165, 1.54) is 30.4 Å². The Hall–Kier alpha value is -1.84. The first kappa shape index (κ1) is 21.9. The molecule has 0 aliphatic heterocycles. The topological polar surface area (TPSA) is 27.7 Å². The molecule has 3 nitrogen and oxygen atoms in total. The molecule has 1 aliphatic carbocycles. The molecule has 2 aromatic rings. The Bertz CT molecular complexity index is 692. The molecule has 0 bridgehead atoms. The van der Waals surface area contributed by atoms with Gasteiger partial charge in [0, 0.05) is 13.5 Å². The van der Waals surface area contributed by atoms with Crippen LogP contribution in [0.5, 0.6) is 5.75 Å². The lowest BCUT2D eigenvalue weighted by Gasteiger charge is -2.32. The zero-order chi connectivity index (χ0) is 20.5. The number of hydrogen-bond donors (Lipinski definition) is 0. The molecule has 0 aromatic heterocycles. The first-order chi connectivity index (χ1) is 14.2. The number of hydrogen-bond acceptors (Lipinski definition) is 3. The third-order valence-electron chi connectivity index (χ3n) is 6.08. The van der Waals surface area contributed by atoms with Crippen molar-refractivity contribution in [1.29, 1.82) is 0 Å². The quantitative estimate of drug-likeness (QED) is 0.428. The van der Waals surface area contributed by atoms with Crippen LogP contribution in [-0.2, 0) is 15.9 Å². The Balaban J connectivity index is 1.73. The SMILES string of the molecule is CCC(C)c1ccc(OC(OC2CCCCC2)C(Cc2ccccc2)OC)cc1. The van der Waals surface area contributed by atoms with Crippen molar-refractivity contribution in [2.75, 3.05) is 7.11 Å². The predicted octanol–water partition coefficient (Wildman–Crippen LogP) is 6.51. The first-order valence-corrected chi connectivity index (χ1v) is 11.2. The molecule has 29 heavy (non-hydrogen) atoms. The third kappa shape index (κ3) is 6.58. The number of rotatable bonds is 10. The summed E-state index contributed by atoms with van der Waals surface area (Å²) < 4.78 is 18.7. The van der Waals surface area contributed by atoms with Crippen molar-refractivity contribution in [3.05, 3.63) is 65.7 Å². The van der Waals surface area contributed by atoms with E-state index in [-0.39, 0.29) is 12.2 Å². The van der Waals surface area contributed by atoms with Crippen molar-refractivity contribution in [2.45, 2.75) is 83.2 Å². The minimum atomic E-state index is -0.419. The molecule has 1 aliphatic rings. The van der Waals surface area contributed by atoms with Crippen LogP contribution < -0.4 is 4.74 Å². The molecule has 3 unspecified atom stereocenters. The first-order valence-electron chi connectivity index (χ1n) is 11.2. The molecule has 0 amide bonds. The van der Waals surface area contributed by atoms with Crippen molar-refractivity contribution >= 4 is 0 Å². The van der Waals surface area contributed by atoms with Crippen LogP contribution in [0.15, 0.2) is 54.6 Å². The monoisotopic (exact) mass is 396 g/mol. The van der Waals surface area contributed by atoms with Gasteiger partial charge in [0.05, 0.1) is 6.10 Å². The minimum Gasteiger partial charge on any atom is -0.462 e. The maximum Gasteiger partial charge on any atom is 0.226 e. The summed E-state index contributed by atoms with van der Waals surface area (Å²) in [5.41, 5.74) is 2.57. The highest BCUT2D eigenvalue weighted by atomic mass is 16.7. The zero-order valence-electron chi connectivity index (χ0n) is 18.2. The highest BCUT2D eigenvalue weighted by molar-refractivity contribution is 5.29. The Morgan fingerprint density at radius 2 is 1.62 bits per heavy atom. The lowest BCUT2D eigenvalue weighted by Crippen LogP contribution is -2.40. The summed E-state index contributed by atoms with van der Waals surface area (Å²) in [6.07, 6.45) is 7.56. The van der Waals surface area contributed by atoms with E-state index in [1.807, 2.05) is 6.07 Å². The average molecular weight is 397 g/mol. The van der Waals surface area contributed by atoms with Gasteiger partial charge in [0.25, 0.3) is 0 Å². The maximum atomic E-state index is 6.47. The molecule has 0 radical (unpaired) electrons. The van der Waals surface area contributed by atoms with Crippen LogP contribution in [0.1, 0.15) is 69.4 Å². The van der Waals surface area contributed by atoms with Gasteiger partial charge in [-0.25, -0.2) is 0 Å². The molecule has 158 valence electrons. The van der Waals surface area contributed by atoms with Gasteiger partial charge in [-0.2, -0.15) is 0 Å². The second kappa shape index (κ2) is 11.4. The highest BCUT2D eigenvalue weighted by Gasteiger charge is 2.28. The van der Waals surface area contributed by atoms with Crippen LogP contribution in [0.2, 0.25) is 0 Å². The summed E-state index contributed by atoms with van der Waals surface area (Å²) in [5, 5.41) is 0. The van der Waals surface area contributed by atoms with Crippen LogP contribution in [0.4, 0.5) is 0 Å². The van der Waals surface area contributed by atoms with Crippen LogP contribution >= 0.6 is 0 Å². The van der Waals surface area contributed by atoms with E-state index in [0.717, 1.165) is 31.4 Å². The summed E-state index contributed by atoms with van der Waals surface area (Å²) in [6, 6.07) is 18.9. The highest BCUT2D eigenvalue weighted by Crippen LogP contribution is 2.27. The number of methoxy groups -OCH3 is 1. The van der Waals surface area contributed by atoms with Crippen molar-refractivity contribution < 1.29 is 14.2 Å². The van der Waals surface area contributed by atoms with Crippen molar-refractivity contribution in [1.82, 2.24) is 0 Å². The van der Waals surface area contributed by atoms with E-state index >= 15 is 0 Å². The Labute approximate surface area is 176 Å². The number of benzene rings is 2. The van der Waals surface area contributed by atoms with Gasteiger partial charge in [-0.3, -0.25) is 0 Å². The lowest BCUT2D eigenvalue weighted by atomic mass is 9.97. The second-order valence-corrected chi connectivity index (χ2v) is 8.22. The van der Waals surface area contributed by atoms with Gasteiger partial charge in [-0.1, -0.05) is 75.6 Å². The van der Waals surface area contributed by atoms with E-state index in [9.17, 15) is 0 Å². The molecule has 2 aromatic carbocycles. The summed E-state index contributed by atoms with van der Waals surface area (Å²) >= 11 is 0. The van der Waals surface area contributed by atoms with E-state index in [4.69, 9.17) is 14.2 Å². The van der Waals surface area contributed by atoms with Gasteiger partial charge in [0.1, 0.15) is 11.9 Å². The van der Waals surface area contributed by atoms with Crippen LogP contribution in [-0.4, -0.2) is 25.6 Å². The molecule has 0 heterocycles. The van der Waals surface area contributed by atoms with E-state index in [1.54, 1.807) is 7.11 Å². The normalized spacial score (nSPS) is 18.2.